The molecule has 0 bridgehead atoms. The maximum absolute atomic E-state index is 2.67. The molecule has 0 N–H and O–H groups in total. The molecule has 2 rings (SSSR count). The third-order valence-electron chi connectivity index (χ3n) is 3.70. The molecule has 1 nitrogen and oxygen atoms in total. The standard InChI is InChI=1S/C10H19N/c1-4-10(2,3)11-6-8-5-9(8)7-11/h8-9H,4-7H2,1-3H3. The van der Waals surface area contributed by atoms with E-state index < -0.39 is 0 Å². The molecular formula is C10H19N. The summed E-state index contributed by atoms with van der Waals surface area (Å²) in [4.78, 5) is 2.67. The number of nitrogens with zero attached hydrogens (tertiary/aromatic N) is 1. The van der Waals surface area contributed by atoms with E-state index in [1.165, 1.54) is 25.9 Å². The number of hydrogen-bond donors (Lipinski definition) is 0. The van der Waals surface area contributed by atoms with Crippen molar-refractivity contribution in [1.29, 1.82) is 0 Å². The molecule has 0 aromatic heterocycles. The highest BCUT2D eigenvalue weighted by Crippen LogP contribution is 2.47. The van der Waals surface area contributed by atoms with E-state index in [1.54, 1.807) is 0 Å². The minimum absolute atomic E-state index is 0.466. The van der Waals surface area contributed by atoms with Gasteiger partial charge >= 0.3 is 0 Å². The predicted octanol–water partition coefficient (Wildman–Crippen LogP) is 2.13. The van der Waals surface area contributed by atoms with Crippen molar-refractivity contribution in [3.05, 3.63) is 0 Å². The van der Waals surface area contributed by atoms with Gasteiger partial charge in [0.05, 0.1) is 0 Å². The molecule has 0 spiro atoms. The largest absolute Gasteiger partial charge is 0.298 e. The Bertz CT molecular complexity index is 152. The lowest BCUT2D eigenvalue weighted by atomic mass is 9.99. The van der Waals surface area contributed by atoms with Crippen molar-refractivity contribution in [2.45, 2.75) is 39.2 Å². The summed E-state index contributed by atoms with van der Waals surface area (Å²) in [6, 6.07) is 0. The van der Waals surface area contributed by atoms with Crippen LogP contribution in [0.5, 0.6) is 0 Å². The number of rotatable bonds is 2. The van der Waals surface area contributed by atoms with E-state index in [9.17, 15) is 0 Å². The van der Waals surface area contributed by atoms with E-state index >= 15 is 0 Å². The van der Waals surface area contributed by atoms with Crippen LogP contribution in [0.3, 0.4) is 0 Å². The van der Waals surface area contributed by atoms with Crippen LogP contribution in [0, 0.1) is 11.8 Å². The minimum atomic E-state index is 0.466. The molecule has 2 unspecified atom stereocenters. The molecule has 64 valence electrons. The molecule has 1 saturated carbocycles. The first-order valence-electron chi connectivity index (χ1n) is 4.88. The smallest absolute Gasteiger partial charge is 0.0150 e. The topological polar surface area (TPSA) is 3.24 Å². The van der Waals surface area contributed by atoms with Crippen LogP contribution >= 0.6 is 0 Å². The van der Waals surface area contributed by atoms with Gasteiger partial charge in [0.25, 0.3) is 0 Å². The van der Waals surface area contributed by atoms with Gasteiger partial charge in [0.15, 0.2) is 0 Å². The lowest BCUT2D eigenvalue weighted by molar-refractivity contribution is 0.133. The summed E-state index contributed by atoms with van der Waals surface area (Å²) in [5.74, 6) is 2.17. The maximum Gasteiger partial charge on any atom is 0.0150 e. The molecule has 0 amide bonds. The van der Waals surface area contributed by atoms with Gasteiger partial charge in [-0.1, -0.05) is 6.92 Å². The monoisotopic (exact) mass is 153 g/mol. The van der Waals surface area contributed by atoms with E-state index in [0.29, 0.717) is 5.54 Å². The van der Waals surface area contributed by atoms with E-state index in [4.69, 9.17) is 0 Å². The number of likely N-dealkylation sites (tertiary alicyclic amines) is 1. The Hall–Kier alpha value is -0.0400. The highest BCUT2D eigenvalue weighted by molar-refractivity contribution is 5.00. The second-order valence-corrected chi connectivity index (χ2v) is 4.83. The predicted molar refractivity (Wildman–Crippen MR) is 47.5 cm³/mol. The van der Waals surface area contributed by atoms with Crippen molar-refractivity contribution >= 4 is 0 Å². The fraction of sp³-hybridized carbons (Fsp3) is 1.00. The molecule has 0 aromatic rings. The van der Waals surface area contributed by atoms with Gasteiger partial charge in [-0.2, -0.15) is 0 Å². The third kappa shape index (κ3) is 1.20. The SMILES string of the molecule is CCC(C)(C)N1CC2CC2C1. The first-order chi connectivity index (χ1) is 5.13. The molecule has 11 heavy (non-hydrogen) atoms. The van der Waals surface area contributed by atoms with Crippen LogP contribution in [0.2, 0.25) is 0 Å². The van der Waals surface area contributed by atoms with Gasteiger partial charge in [-0.05, 0) is 38.5 Å². The Balaban J connectivity index is 1.95. The van der Waals surface area contributed by atoms with Gasteiger partial charge in [-0.3, -0.25) is 4.90 Å². The van der Waals surface area contributed by atoms with Gasteiger partial charge < -0.3 is 0 Å². The lowest BCUT2D eigenvalue weighted by Crippen LogP contribution is -2.42. The molecule has 1 heteroatoms. The summed E-state index contributed by atoms with van der Waals surface area (Å²) in [5.41, 5.74) is 0.466. The summed E-state index contributed by atoms with van der Waals surface area (Å²) >= 11 is 0. The molecule has 1 heterocycles. The molecular weight excluding hydrogens is 134 g/mol. The molecule has 2 atom stereocenters. The molecule has 2 aliphatic rings. The van der Waals surface area contributed by atoms with Crippen LogP contribution in [-0.4, -0.2) is 23.5 Å². The van der Waals surface area contributed by atoms with Crippen LogP contribution < -0.4 is 0 Å². The summed E-state index contributed by atoms with van der Waals surface area (Å²) in [5, 5.41) is 0. The molecule has 0 aromatic carbocycles. The Morgan fingerprint density at radius 3 is 2.27 bits per heavy atom. The van der Waals surface area contributed by atoms with Gasteiger partial charge in [-0.15, -0.1) is 0 Å². The fourth-order valence-electron chi connectivity index (χ4n) is 2.12. The van der Waals surface area contributed by atoms with Gasteiger partial charge in [0, 0.05) is 18.6 Å². The maximum atomic E-state index is 2.67. The number of piperidine rings is 1. The summed E-state index contributed by atoms with van der Waals surface area (Å²) in [6.45, 7) is 9.80. The first kappa shape index (κ1) is 7.60. The van der Waals surface area contributed by atoms with Crippen LogP contribution in [0.15, 0.2) is 0 Å². The van der Waals surface area contributed by atoms with Gasteiger partial charge in [0.2, 0.25) is 0 Å². The zero-order valence-electron chi connectivity index (χ0n) is 7.93. The van der Waals surface area contributed by atoms with Crippen LogP contribution in [0.1, 0.15) is 33.6 Å². The summed E-state index contributed by atoms with van der Waals surface area (Å²) in [6.07, 6.45) is 2.81. The van der Waals surface area contributed by atoms with E-state index in [-0.39, 0.29) is 0 Å². The average molecular weight is 153 g/mol. The quantitative estimate of drug-likeness (QED) is 0.587. The van der Waals surface area contributed by atoms with Crippen LogP contribution in [-0.2, 0) is 0 Å². The Kier molecular flexibility index (Phi) is 1.54. The van der Waals surface area contributed by atoms with E-state index in [2.05, 4.69) is 25.7 Å². The molecule has 2 fully saturated rings. The second-order valence-electron chi connectivity index (χ2n) is 4.83. The lowest BCUT2D eigenvalue weighted by Gasteiger charge is -2.35. The van der Waals surface area contributed by atoms with Crippen molar-refractivity contribution in [1.82, 2.24) is 4.90 Å². The molecule has 0 radical (unpaired) electrons. The normalized spacial score (nSPS) is 37.4. The minimum Gasteiger partial charge on any atom is -0.298 e. The van der Waals surface area contributed by atoms with Crippen molar-refractivity contribution in [2.24, 2.45) is 11.8 Å². The Morgan fingerprint density at radius 1 is 1.27 bits per heavy atom. The molecule has 1 aliphatic carbocycles. The highest BCUT2D eigenvalue weighted by Gasteiger charge is 2.48. The zero-order valence-corrected chi connectivity index (χ0v) is 7.93. The summed E-state index contributed by atoms with van der Waals surface area (Å²) in [7, 11) is 0. The summed E-state index contributed by atoms with van der Waals surface area (Å²) < 4.78 is 0. The van der Waals surface area contributed by atoms with Gasteiger partial charge in [-0.25, -0.2) is 0 Å². The van der Waals surface area contributed by atoms with Crippen molar-refractivity contribution in [2.75, 3.05) is 13.1 Å². The van der Waals surface area contributed by atoms with E-state index in [0.717, 1.165) is 11.8 Å². The Labute approximate surface area is 69.8 Å². The van der Waals surface area contributed by atoms with Gasteiger partial charge in [0.1, 0.15) is 0 Å². The van der Waals surface area contributed by atoms with Crippen LogP contribution in [0.4, 0.5) is 0 Å². The van der Waals surface area contributed by atoms with E-state index in [1.807, 2.05) is 0 Å². The average Bonchev–Trinajstić information content (AvgIpc) is 2.59. The highest BCUT2D eigenvalue weighted by atomic mass is 15.2. The fourth-order valence-corrected chi connectivity index (χ4v) is 2.12. The molecule has 1 aliphatic heterocycles. The number of hydrogen-bond acceptors (Lipinski definition) is 1. The first-order valence-corrected chi connectivity index (χ1v) is 4.88. The zero-order chi connectivity index (χ0) is 8.06. The Morgan fingerprint density at radius 2 is 1.82 bits per heavy atom. The van der Waals surface area contributed by atoms with Crippen LogP contribution in [0.25, 0.3) is 0 Å². The molecule has 1 saturated heterocycles. The van der Waals surface area contributed by atoms with Crippen molar-refractivity contribution in [3.8, 4) is 0 Å². The second kappa shape index (κ2) is 2.22. The third-order valence-corrected chi connectivity index (χ3v) is 3.70. The van der Waals surface area contributed by atoms with Crippen molar-refractivity contribution < 1.29 is 0 Å². The van der Waals surface area contributed by atoms with Crippen molar-refractivity contribution in [3.63, 3.8) is 0 Å². The number of fused-ring (bicyclic) bond motifs is 1.